The Bertz CT molecular complexity index is 331. The molecule has 1 rings (SSSR count). The van der Waals surface area contributed by atoms with Crippen LogP contribution in [0.15, 0.2) is 23.0 Å². The van der Waals surface area contributed by atoms with Crippen LogP contribution in [-0.4, -0.2) is 17.8 Å². The third-order valence-corrected chi connectivity index (χ3v) is 1.13. The highest BCUT2D eigenvalue weighted by Crippen LogP contribution is 2.15. The van der Waals surface area contributed by atoms with E-state index in [4.69, 9.17) is 0 Å². The number of aromatic amines is 1. The summed E-state index contributed by atoms with van der Waals surface area (Å²) in [6.45, 7) is -1.41. The van der Waals surface area contributed by atoms with Crippen LogP contribution in [-0.2, 0) is 0 Å². The fourth-order valence-electron chi connectivity index (χ4n) is 0.671. The van der Waals surface area contributed by atoms with Crippen LogP contribution in [0.25, 0.3) is 0 Å². The fraction of sp³-hybridized carbons (Fsp3) is 0.286. The zero-order chi connectivity index (χ0) is 9.90. The Morgan fingerprint density at radius 3 is 2.62 bits per heavy atom. The van der Waals surface area contributed by atoms with Gasteiger partial charge >= 0.3 is 6.18 Å². The van der Waals surface area contributed by atoms with E-state index in [1.165, 1.54) is 18.2 Å². The summed E-state index contributed by atoms with van der Waals surface area (Å²) in [5, 5.41) is 0. The first-order chi connectivity index (χ1) is 5.97. The van der Waals surface area contributed by atoms with E-state index >= 15 is 0 Å². The molecule has 0 bridgehead atoms. The van der Waals surface area contributed by atoms with Gasteiger partial charge < -0.3 is 4.74 Å². The number of halogens is 3. The lowest BCUT2D eigenvalue weighted by Crippen LogP contribution is -2.20. The number of ether oxygens (including phenoxy) is 1. The molecule has 0 aliphatic rings. The number of alkyl halides is 3. The van der Waals surface area contributed by atoms with Gasteiger partial charge in [0, 0.05) is 6.07 Å². The molecule has 0 unspecified atom stereocenters. The van der Waals surface area contributed by atoms with Gasteiger partial charge in [0.05, 0.1) is 0 Å². The Kier molecular flexibility index (Phi) is 2.60. The summed E-state index contributed by atoms with van der Waals surface area (Å²) in [5.41, 5.74) is -0.500. The molecule has 1 aromatic rings. The minimum Gasteiger partial charge on any atom is -0.469 e. The Labute approximate surface area is 71.2 Å². The first-order valence-corrected chi connectivity index (χ1v) is 3.36. The number of rotatable bonds is 2. The maximum Gasteiger partial charge on any atom is 0.422 e. The second-order valence-electron chi connectivity index (χ2n) is 2.28. The van der Waals surface area contributed by atoms with Crippen LogP contribution >= 0.6 is 0 Å². The number of hydrogen-bond acceptors (Lipinski definition) is 2. The molecule has 0 fully saturated rings. The van der Waals surface area contributed by atoms with E-state index in [-0.39, 0.29) is 5.88 Å². The molecular formula is C7H6F3NO2. The van der Waals surface area contributed by atoms with Crippen molar-refractivity contribution >= 4 is 0 Å². The molecule has 0 aliphatic heterocycles. The Morgan fingerprint density at radius 1 is 1.38 bits per heavy atom. The minimum absolute atomic E-state index is 0.190. The summed E-state index contributed by atoms with van der Waals surface area (Å²) >= 11 is 0. The molecule has 1 aromatic heterocycles. The summed E-state index contributed by atoms with van der Waals surface area (Å²) in [6.07, 6.45) is -4.40. The van der Waals surface area contributed by atoms with Crippen LogP contribution in [0.5, 0.6) is 5.88 Å². The van der Waals surface area contributed by atoms with E-state index in [1.807, 2.05) is 0 Å². The number of aromatic nitrogens is 1. The SMILES string of the molecule is O=c1cccc(OCC(F)(F)F)[nH]1. The van der Waals surface area contributed by atoms with Crippen LogP contribution in [0.3, 0.4) is 0 Å². The molecule has 6 heteroatoms. The monoisotopic (exact) mass is 193 g/mol. The van der Waals surface area contributed by atoms with E-state index in [0.717, 1.165) is 0 Å². The lowest BCUT2D eigenvalue weighted by molar-refractivity contribution is -0.154. The van der Waals surface area contributed by atoms with Crippen LogP contribution < -0.4 is 10.3 Å². The summed E-state index contributed by atoms with van der Waals surface area (Å²) in [7, 11) is 0. The molecule has 0 amide bonds. The maximum atomic E-state index is 11.6. The second-order valence-corrected chi connectivity index (χ2v) is 2.28. The Hall–Kier alpha value is -1.46. The molecule has 1 N–H and O–H groups in total. The van der Waals surface area contributed by atoms with E-state index < -0.39 is 18.3 Å². The average Bonchev–Trinajstić information content (AvgIpc) is 2.00. The molecular weight excluding hydrogens is 187 g/mol. The molecule has 0 spiro atoms. The van der Waals surface area contributed by atoms with Crippen molar-refractivity contribution in [2.45, 2.75) is 6.18 Å². The third kappa shape index (κ3) is 3.64. The predicted octanol–water partition coefficient (Wildman–Crippen LogP) is 1.32. The van der Waals surface area contributed by atoms with Crippen LogP contribution in [0.1, 0.15) is 0 Å². The molecule has 0 aliphatic carbocycles. The number of hydrogen-bond donors (Lipinski definition) is 1. The van der Waals surface area contributed by atoms with Crippen molar-refractivity contribution in [3.05, 3.63) is 28.6 Å². The van der Waals surface area contributed by atoms with Crippen molar-refractivity contribution in [1.82, 2.24) is 4.98 Å². The summed E-state index contributed by atoms with van der Waals surface area (Å²) < 4.78 is 39.1. The smallest absolute Gasteiger partial charge is 0.422 e. The molecule has 3 nitrogen and oxygen atoms in total. The molecule has 0 saturated heterocycles. The summed E-state index contributed by atoms with van der Waals surface area (Å²) in [5.74, 6) is -0.190. The van der Waals surface area contributed by atoms with Crippen molar-refractivity contribution in [3.63, 3.8) is 0 Å². The van der Waals surface area contributed by atoms with Gasteiger partial charge in [0.25, 0.3) is 5.56 Å². The highest BCUT2D eigenvalue weighted by atomic mass is 19.4. The van der Waals surface area contributed by atoms with Crippen molar-refractivity contribution in [3.8, 4) is 5.88 Å². The van der Waals surface area contributed by atoms with Gasteiger partial charge in [0.2, 0.25) is 0 Å². The molecule has 0 radical (unpaired) electrons. The van der Waals surface area contributed by atoms with E-state index in [0.29, 0.717) is 0 Å². The number of H-pyrrole nitrogens is 1. The van der Waals surface area contributed by atoms with Gasteiger partial charge in [-0.05, 0) is 6.07 Å². The molecule has 0 atom stereocenters. The lowest BCUT2D eigenvalue weighted by Gasteiger charge is -2.07. The standard InChI is InChI=1S/C7H6F3NO2/c8-7(9,10)4-13-6-3-1-2-5(12)11-6/h1-3H,4H2,(H,11,12). The number of pyridine rings is 1. The van der Waals surface area contributed by atoms with E-state index in [9.17, 15) is 18.0 Å². The van der Waals surface area contributed by atoms with Gasteiger partial charge in [-0.25, -0.2) is 0 Å². The van der Waals surface area contributed by atoms with Crippen LogP contribution in [0.4, 0.5) is 13.2 Å². The topological polar surface area (TPSA) is 42.1 Å². The van der Waals surface area contributed by atoms with Crippen LogP contribution in [0, 0.1) is 0 Å². The maximum absolute atomic E-state index is 11.6. The molecule has 0 aromatic carbocycles. The molecule has 0 saturated carbocycles. The first kappa shape index (κ1) is 9.63. The van der Waals surface area contributed by atoms with Gasteiger partial charge in [-0.1, -0.05) is 6.07 Å². The van der Waals surface area contributed by atoms with Gasteiger partial charge in [0.1, 0.15) is 0 Å². The number of nitrogens with one attached hydrogen (secondary N) is 1. The van der Waals surface area contributed by atoms with Crippen molar-refractivity contribution in [2.24, 2.45) is 0 Å². The zero-order valence-corrected chi connectivity index (χ0v) is 6.39. The molecule has 72 valence electrons. The highest BCUT2D eigenvalue weighted by Gasteiger charge is 2.28. The average molecular weight is 193 g/mol. The fourth-order valence-corrected chi connectivity index (χ4v) is 0.671. The van der Waals surface area contributed by atoms with Crippen molar-refractivity contribution in [2.75, 3.05) is 6.61 Å². The van der Waals surface area contributed by atoms with Gasteiger partial charge in [-0.3, -0.25) is 9.78 Å². The zero-order valence-electron chi connectivity index (χ0n) is 6.39. The Morgan fingerprint density at radius 2 is 2.08 bits per heavy atom. The van der Waals surface area contributed by atoms with Crippen molar-refractivity contribution in [1.29, 1.82) is 0 Å². The first-order valence-electron chi connectivity index (χ1n) is 3.36. The quantitative estimate of drug-likeness (QED) is 0.769. The minimum atomic E-state index is -4.40. The predicted molar refractivity (Wildman–Crippen MR) is 38.6 cm³/mol. The van der Waals surface area contributed by atoms with Gasteiger partial charge in [-0.15, -0.1) is 0 Å². The normalized spacial score (nSPS) is 11.3. The highest BCUT2D eigenvalue weighted by molar-refractivity contribution is 5.09. The Balaban J connectivity index is 2.60. The molecule has 13 heavy (non-hydrogen) atoms. The van der Waals surface area contributed by atoms with Crippen molar-refractivity contribution < 1.29 is 17.9 Å². The summed E-state index contributed by atoms with van der Waals surface area (Å²) in [6, 6.07) is 3.73. The summed E-state index contributed by atoms with van der Waals surface area (Å²) in [4.78, 5) is 12.7. The second kappa shape index (κ2) is 3.51. The van der Waals surface area contributed by atoms with Gasteiger partial charge in [0.15, 0.2) is 12.5 Å². The largest absolute Gasteiger partial charge is 0.469 e. The van der Waals surface area contributed by atoms with E-state index in [1.54, 1.807) is 0 Å². The molecule has 1 heterocycles. The van der Waals surface area contributed by atoms with Crippen LogP contribution in [0.2, 0.25) is 0 Å². The van der Waals surface area contributed by atoms with Gasteiger partial charge in [-0.2, -0.15) is 13.2 Å². The van der Waals surface area contributed by atoms with E-state index in [2.05, 4.69) is 9.72 Å². The lowest BCUT2D eigenvalue weighted by atomic mass is 10.5. The third-order valence-electron chi connectivity index (χ3n) is 1.13.